The average molecular weight is 276 g/mol. The lowest BCUT2D eigenvalue weighted by molar-refractivity contribution is 0.102. The number of halogens is 1. The summed E-state index contributed by atoms with van der Waals surface area (Å²) in [4.78, 5) is 16.3. The quantitative estimate of drug-likeness (QED) is 0.618. The minimum absolute atomic E-state index is 0.0950. The molecule has 0 spiro atoms. The Kier molecular flexibility index (Phi) is 4.26. The molecule has 0 aliphatic carbocycles. The SMILES string of the molecule is CCC(C)C(Br)c1ncc(C(C)=O)s1. The van der Waals surface area contributed by atoms with Crippen molar-refractivity contribution in [3.63, 3.8) is 0 Å². The van der Waals surface area contributed by atoms with E-state index in [1.165, 1.54) is 11.3 Å². The van der Waals surface area contributed by atoms with Crippen LogP contribution in [0.5, 0.6) is 0 Å². The van der Waals surface area contributed by atoms with Crippen molar-refractivity contribution < 1.29 is 4.79 Å². The molecule has 0 fully saturated rings. The maximum Gasteiger partial charge on any atom is 0.171 e. The zero-order chi connectivity index (χ0) is 10.7. The van der Waals surface area contributed by atoms with Crippen LogP contribution in [0.4, 0.5) is 0 Å². The first-order chi connectivity index (χ1) is 6.56. The molecular formula is C10H14BrNOS. The number of Topliss-reactive ketones (excluding diaryl/α,β-unsaturated/α-hetero) is 1. The van der Waals surface area contributed by atoms with Gasteiger partial charge in [-0.15, -0.1) is 11.3 Å². The van der Waals surface area contributed by atoms with E-state index in [-0.39, 0.29) is 10.6 Å². The Morgan fingerprint density at radius 2 is 2.36 bits per heavy atom. The minimum Gasteiger partial charge on any atom is -0.294 e. The normalized spacial score (nSPS) is 15.1. The molecular weight excluding hydrogens is 262 g/mol. The van der Waals surface area contributed by atoms with Crippen LogP contribution in [-0.2, 0) is 0 Å². The van der Waals surface area contributed by atoms with Crippen molar-refractivity contribution in [1.82, 2.24) is 4.98 Å². The number of carbonyl (C=O) groups excluding carboxylic acids is 1. The molecule has 2 unspecified atom stereocenters. The maximum atomic E-state index is 11.1. The van der Waals surface area contributed by atoms with E-state index in [9.17, 15) is 4.79 Å². The van der Waals surface area contributed by atoms with Gasteiger partial charge >= 0.3 is 0 Å². The van der Waals surface area contributed by atoms with Gasteiger partial charge in [0.2, 0.25) is 0 Å². The number of hydrogen-bond donors (Lipinski definition) is 0. The van der Waals surface area contributed by atoms with Crippen LogP contribution in [0, 0.1) is 5.92 Å². The fourth-order valence-electron chi connectivity index (χ4n) is 1.03. The number of alkyl halides is 1. The van der Waals surface area contributed by atoms with Crippen molar-refractivity contribution in [3.05, 3.63) is 16.1 Å². The molecule has 0 aliphatic heterocycles. The highest BCUT2D eigenvalue weighted by atomic mass is 79.9. The molecule has 1 rings (SSSR count). The van der Waals surface area contributed by atoms with Crippen LogP contribution in [0.2, 0.25) is 0 Å². The molecule has 14 heavy (non-hydrogen) atoms. The lowest BCUT2D eigenvalue weighted by atomic mass is 10.1. The van der Waals surface area contributed by atoms with Crippen LogP contribution >= 0.6 is 27.3 Å². The fraction of sp³-hybridized carbons (Fsp3) is 0.600. The monoisotopic (exact) mass is 275 g/mol. The van der Waals surface area contributed by atoms with Crippen molar-refractivity contribution in [2.45, 2.75) is 32.0 Å². The molecule has 0 aliphatic rings. The number of aromatic nitrogens is 1. The predicted octanol–water partition coefficient (Wildman–Crippen LogP) is 3.83. The summed E-state index contributed by atoms with van der Waals surface area (Å²) in [6.45, 7) is 5.90. The van der Waals surface area contributed by atoms with E-state index in [1.807, 2.05) is 0 Å². The number of thiazole rings is 1. The summed E-state index contributed by atoms with van der Waals surface area (Å²) < 4.78 is 0. The van der Waals surface area contributed by atoms with Crippen molar-refractivity contribution in [2.24, 2.45) is 5.92 Å². The first kappa shape index (κ1) is 11.9. The Labute approximate surface area is 96.9 Å². The zero-order valence-electron chi connectivity index (χ0n) is 8.58. The van der Waals surface area contributed by atoms with Crippen LogP contribution in [-0.4, -0.2) is 10.8 Å². The Bertz CT molecular complexity index is 324. The van der Waals surface area contributed by atoms with Gasteiger partial charge < -0.3 is 0 Å². The second-order valence-corrected chi connectivity index (χ2v) is 5.45. The number of carbonyl (C=O) groups is 1. The van der Waals surface area contributed by atoms with E-state index in [2.05, 4.69) is 34.8 Å². The Hall–Kier alpha value is -0.220. The number of hydrogen-bond acceptors (Lipinski definition) is 3. The van der Waals surface area contributed by atoms with Gasteiger partial charge in [0.15, 0.2) is 5.78 Å². The largest absolute Gasteiger partial charge is 0.294 e. The first-order valence-electron chi connectivity index (χ1n) is 4.67. The maximum absolute atomic E-state index is 11.1. The molecule has 0 amide bonds. The van der Waals surface area contributed by atoms with Crippen molar-refractivity contribution in [2.75, 3.05) is 0 Å². The number of ketones is 1. The first-order valence-corrected chi connectivity index (χ1v) is 6.40. The van der Waals surface area contributed by atoms with Crippen LogP contribution in [0.3, 0.4) is 0 Å². The Morgan fingerprint density at radius 3 is 2.79 bits per heavy atom. The van der Waals surface area contributed by atoms with E-state index in [4.69, 9.17) is 0 Å². The van der Waals surface area contributed by atoms with Gasteiger partial charge in [-0.3, -0.25) is 4.79 Å². The summed E-state index contributed by atoms with van der Waals surface area (Å²) in [6, 6.07) is 0. The predicted molar refractivity (Wildman–Crippen MR) is 63.2 cm³/mol. The van der Waals surface area contributed by atoms with Crippen molar-refractivity contribution in [1.29, 1.82) is 0 Å². The fourth-order valence-corrected chi connectivity index (χ4v) is 2.73. The summed E-state index contributed by atoms with van der Waals surface area (Å²) in [5, 5.41) is 1.00. The summed E-state index contributed by atoms with van der Waals surface area (Å²) in [7, 11) is 0. The highest BCUT2D eigenvalue weighted by Crippen LogP contribution is 2.35. The lowest BCUT2D eigenvalue weighted by Crippen LogP contribution is -2.00. The van der Waals surface area contributed by atoms with E-state index >= 15 is 0 Å². The van der Waals surface area contributed by atoms with E-state index in [0.29, 0.717) is 5.92 Å². The highest BCUT2D eigenvalue weighted by molar-refractivity contribution is 9.09. The summed E-state index contributed by atoms with van der Waals surface area (Å²) >= 11 is 5.10. The van der Waals surface area contributed by atoms with Crippen LogP contribution in [0.1, 0.15) is 46.7 Å². The molecule has 2 atom stereocenters. The molecule has 2 nitrogen and oxygen atoms in total. The molecule has 1 heterocycles. The smallest absolute Gasteiger partial charge is 0.171 e. The zero-order valence-corrected chi connectivity index (χ0v) is 11.0. The van der Waals surface area contributed by atoms with Crippen LogP contribution in [0.15, 0.2) is 6.20 Å². The third kappa shape index (κ3) is 2.64. The van der Waals surface area contributed by atoms with Gasteiger partial charge in [-0.2, -0.15) is 0 Å². The van der Waals surface area contributed by atoms with Gasteiger partial charge in [-0.1, -0.05) is 36.2 Å². The van der Waals surface area contributed by atoms with E-state index in [0.717, 1.165) is 16.3 Å². The standard InChI is InChI=1S/C10H14BrNOS/c1-4-6(2)9(11)10-12-5-8(14-10)7(3)13/h5-6,9H,4H2,1-3H3. The third-order valence-corrected chi connectivity index (χ3v) is 5.07. The van der Waals surface area contributed by atoms with Gasteiger partial charge in [0, 0.05) is 13.1 Å². The van der Waals surface area contributed by atoms with Gasteiger partial charge in [-0.05, 0) is 5.92 Å². The summed E-state index contributed by atoms with van der Waals surface area (Å²) in [6.07, 6.45) is 2.77. The summed E-state index contributed by atoms with van der Waals surface area (Å²) in [5.41, 5.74) is 0. The molecule has 0 radical (unpaired) electrons. The van der Waals surface area contributed by atoms with Gasteiger partial charge in [0.25, 0.3) is 0 Å². The van der Waals surface area contributed by atoms with Crippen LogP contribution in [0.25, 0.3) is 0 Å². The van der Waals surface area contributed by atoms with Crippen LogP contribution < -0.4 is 0 Å². The van der Waals surface area contributed by atoms with Crippen molar-refractivity contribution in [3.8, 4) is 0 Å². The lowest BCUT2D eigenvalue weighted by Gasteiger charge is -2.12. The Balaban J connectivity index is 2.81. The molecule has 1 aromatic heterocycles. The Morgan fingerprint density at radius 1 is 1.71 bits per heavy atom. The number of rotatable bonds is 4. The molecule has 1 aromatic rings. The molecule has 78 valence electrons. The average Bonchev–Trinajstić information content (AvgIpc) is 2.64. The number of nitrogens with zero attached hydrogens (tertiary/aromatic N) is 1. The van der Waals surface area contributed by atoms with Gasteiger partial charge in [-0.25, -0.2) is 4.98 Å². The van der Waals surface area contributed by atoms with Gasteiger partial charge in [0.05, 0.1) is 9.70 Å². The third-order valence-electron chi connectivity index (χ3n) is 2.25. The molecule has 0 saturated carbocycles. The van der Waals surface area contributed by atoms with E-state index < -0.39 is 0 Å². The molecule has 0 saturated heterocycles. The summed E-state index contributed by atoms with van der Waals surface area (Å²) in [5.74, 6) is 0.638. The van der Waals surface area contributed by atoms with Gasteiger partial charge in [0.1, 0.15) is 5.01 Å². The van der Waals surface area contributed by atoms with E-state index in [1.54, 1.807) is 13.1 Å². The molecule has 0 bridgehead atoms. The van der Waals surface area contributed by atoms with Crippen molar-refractivity contribution >= 4 is 33.0 Å². The molecule has 0 aromatic carbocycles. The second kappa shape index (κ2) is 5.03. The molecule has 0 N–H and O–H groups in total. The highest BCUT2D eigenvalue weighted by Gasteiger charge is 2.18. The minimum atomic E-state index is 0.0950. The molecule has 4 heteroatoms. The second-order valence-electron chi connectivity index (χ2n) is 3.41. The topological polar surface area (TPSA) is 30.0 Å².